The average Bonchev–Trinajstić information content (AvgIpc) is 2.36. The highest BCUT2D eigenvalue weighted by atomic mass is 16.2. The van der Waals surface area contributed by atoms with Gasteiger partial charge in [0.05, 0.1) is 6.04 Å². The molecule has 0 aliphatic carbocycles. The Labute approximate surface area is 132 Å². The van der Waals surface area contributed by atoms with Gasteiger partial charge in [0.1, 0.15) is 0 Å². The van der Waals surface area contributed by atoms with Gasteiger partial charge in [0, 0.05) is 19.0 Å². The van der Waals surface area contributed by atoms with Crippen LogP contribution in [0, 0.1) is 13.8 Å². The summed E-state index contributed by atoms with van der Waals surface area (Å²) < 4.78 is 0. The van der Waals surface area contributed by atoms with Crippen molar-refractivity contribution in [3.05, 3.63) is 34.9 Å². The van der Waals surface area contributed by atoms with Crippen molar-refractivity contribution in [3.8, 4) is 0 Å². The van der Waals surface area contributed by atoms with Crippen LogP contribution in [-0.4, -0.2) is 24.5 Å². The Kier molecular flexibility index (Phi) is 6.89. The van der Waals surface area contributed by atoms with Gasteiger partial charge in [-0.1, -0.05) is 29.3 Å². The summed E-state index contributed by atoms with van der Waals surface area (Å²) in [5, 5.41) is 8.37. The lowest BCUT2D eigenvalue weighted by Crippen LogP contribution is -2.39. The number of nitrogens with one attached hydrogen (secondary N) is 3. The van der Waals surface area contributed by atoms with E-state index in [4.69, 9.17) is 0 Å². The van der Waals surface area contributed by atoms with Crippen LogP contribution in [-0.2, 0) is 4.79 Å². The second-order valence-corrected chi connectivity index (χ2v) is 6.02. The molecule has 0 fully saturated rings. The quantitative estimate of drug-likeness (QED) is 0.756. The third kappa shape index (κ3) is 6.61. The number of aryl methyl sites for hydroxylation is 2. The molecule has 0 saturated heterocycles. The number of hydrogen-bond acceptors (Lipinski definition) is 2. The largest absolute Gasteiger partial charge is 0.354 e. The van der Waals surface area contributed by atoms with Crippen LogP contribution < -0.4 is 16.0 Å². The van der Waals surface area contributed by atoms with E-state index in [-0.39, 0.29) is 30.4 Å². The zero-order valence-electron chi connectivity index (χ0n) is 14.1. The van der Waals surface area contributed by atoms with Crippen molar-refractivity contribution in [2.45, 2.75) is 53.1 Å². The van der Waals surface area contributed by atoms with E-state index < -0.39 is 0 Å². The monoisotopic (exact) mass is 305 g/mol. The SMILES string of the molecule is Cc1cc(C)cc([C@H](C)NC(=O)NCCC(=O)NC(C)C)c1. The Balaban J connectivity index is 2.39. The Morgan fingerprint density at radius 1 is 1.00 bits per heavy atom. The van der Waals surface area contributed by atoms with Gasteiger partial charge in [-0.25, -0.2) is 4.79 Å². The zero-order chi connectivity index (χ0) is 16.7. The molecule has 0 saturated carbocycles. The summed E-state index contributed by atoms with van der Waals surface area (Å²) in [6, 6.07) is 6.00. The lowest BCUT2D eigenvalue weighted by atomic mass is 10.0. The lowest BCUT2D eigenvalue weighted by Gasteiger charge is -2.16. The van der Waals surface area contributed by atoms with Crippen LogP contribution >= 0.6 is 0 Å². The Hall–Kier alpha value is -2.04. The van der Waals surface area contributed by atoms with E-state index >= 15 is 0 Å². The van der Waals surface area contributed by atoms with Gasteiger partial charge in [-0.05, 0) is 40.2 Å². The molecule has 1 atom stereocenters. The standard InChI is InChI=1S/C17H27N3O2/c1-11(2)19-16(21)6-7-18-17(22)20-14(5)15-9-12(3)8-13(4)10-15/h8-11,14H,6-7H2,1-5H3,(H,19,21)(H2,18,20,22)/t14-/m0/s1. The van der Waals surface area contributed by atoms with Crippen LogP contribution in [0.3, 0.4) is 0 Å². The fourth-order valence-electron chi connectivity index (χ4n) is 2.27. The van der Waals surface area contributed by atoms with Gasteiger partial charge < -0.3 is 16.0 Å². The van der Waals surface area contributed by atoms with E-state index in [9.17, 15) is 9.59 Å². The number of amides is 3. The van der Waals surface area contributed by atoms with Crippen LogP contribution in [0.4, 0.5) is 4.79 Å². The van der Waals surface area contributed by atoms with E-state index in [1.54, 1.807) is 0 Å². The van der Waals surface area contributed by atoms with Gasteiger partial charge in [-0.15, -0.1) is 0 Å². The molecule has 0 spiro atoms. The van der Waals surface area contributed by atoms with Crippen LogP contribution in [0.25, 0.3) is 0 Å². The molecule has 0 aliphatic rings. The molecule has 3 N–H and O–H groups in total. The smallest absolute Gasteiger partial charge is 0.315 e. The summed E-state index contributed by atoms with van der Waals surface area (Å²) in [6.07, 6.45) is 0.281. The molecule has 3 amide bonds. The second kappa shape index (κ2) is 8.41. The van der Waals surface area contributed by atoms with Crippen LogP contribution in [0.15, 0.2) is 18.2 Å². The van der Waals surface area contributed by atoms with Crippen molar-refractivity contribution in [1.82, 2.24) is 16.0 Å². The molecular formula is C17H27N3O2. The summed E-state index contributed by atoms with van der Waals surface area (Å²) in [4.78, 5) is 23.3. The molecule has 0 bridgehead atoms. The lowest BCUT2D eigenvalue weighted by molar-refractivity contribution is -0.121. The third-order valence-corrected chi connectivity index (χ3v) is 3.18. The third-order valence-electron chi connectivity index (χ3n) is 3.18. The number of carbonyl (C=O) groups excluding carboxylic acids is 2. The molecule has 5 nitrogen and oxygen atoms in total. The zero-order valence-corrected chi connectivity index (χ0v) is 14.1. The number of carbonyl (C=O) groups is 2. The molecule has 0 aromatic heterocycles. The summed E-state index contributed by atoms with van der Waals surface area (Å²) in [5.74, 6) is -0.0577. The number of benzene rings is 1. The fourth-order valence-corrected chi connectivity index (χ4v) is 2.27. The van der Waals surface area contributed by atoms with Gasteiger partial charge in [-0.3, -0.25) is 4.79 Å². The van der Waals surface area contributed by atoms with Gasteiger partial charge >= 0.3 is 6.03 Å². The average molecular weight is 305 g/mol. The van der Waals surface area contributed by atoms with E-state index in [1.165, 1.54) is 11.1 Å². The van der Waals surface area contributed by atoms with Crippen molar-refractivity contribution in [2.24, 2.45) is 0 Å². The molecule has 0 heterocycles. The van der Waals surface area contributed by atoms with Crippen LogP contribution in [0.2, 0.25) is 0 Å². The molecular weight excluding hydrogens is 278 g/mol. The topological polar surface area (TPSA) is 70.2 Å². The van der Waals surface area contributed by atoms with Gasteiger partial charge in [0.2, 0.25) is 5.91 Å². The highest BCUT2D eigenvalue weighted by Gasteiger charge is 2.10. The first-order valence-electron chi connectivity index (χ1n) is 7.70. The van der Waals surface area contributed by atoms with Gasteiger partial charge in [-0.2, -0.15) is 0 Å². The van der Waals surface area contributed by atoms with E-state index in [0.717, 1.165) is 5.56 Å². The van der Waals surface area contributed by atoms with Gasteiger partial charge in [0.25, 0.3) is 0 Å². The van der Waals surface area contributed by atoms with Crippen molar-refractivity contribution < 1.29 is 9.59 Å². The first kappa shape index (κ1) is 18.0. The Morgan fingerprint density at radius 2 is 1.59 bits per heavy atom. The highest BCUT2D eigenvalue weighted by molar-refractivity contribution is 5.78. The minimum absolute atomic E-state index is 0.0577. The van der Waals surface area contributed by atoms with E-state index in [1.807, 2.05) is 34.6 Å². The summed E-state index contributed by atoms with van der Waals surface area (Å²) >= 11 is 0. The summed E-state index contributed by atoms with van der Waals surface area (Å²) in [5.41, 5.74) is 3.43. The summed E-state index contributed by atoms with van der Waals surface area (Å²) in [7, 11) is 0. The molecule has 1 aromatic carbocycles. The molecule has 5 heteroatoms. The maximum atomic E-state index is 11.8. The molecule has 122 valence electrons. The van der Waals surface area contributed by atoms with E-state index in [2.05, 4.69) is 34.1 Å². The van der Waals surface area contributed by atoms with Crippen LogP contribution in [0.5, 0.6) is 0 Å². The minimum Gasteiger partial charge on any atom is -0.354 e. The second-order valence-electron chi connectivity index (χ2n) is 6.02. The highest BCUT2D eigenvalue weighted by Crippen LogP contribution is 2.16. The number of urea groups is 1. The predicted molar refractivity (Wildman–Crippen MR) is 88.8 cm³/mol. The maximum Gasteiger partial charge on any atom is 0.315 e. The number of rotatable bonds is 6. The normalized spacial score (nSPS) is 11.9. The van der Waals surface area contributed by atoms with Crippen molar-refractivity contribution in [2.75, 3.05) is 6.54 Å². The van der Waals surface area contributed by atoms with Crippen molar-refractivity contribution >= 4 is 11.9 Å². The van der Waals surface area contributed by atoms with E-state index in [0.29, 0.717) is 6.54 Å². The van der Waals surface area contributed by atoms with Crippen molar-refractivity contribution in [3.63, 3.8) is 0 Å². The summed E-state index contributed by atoms with van der Waals surface area (Å²) in [6.45, 7) is 10.2. The minimum atomic E-state index is -0.260. The molecule has 1 aromatic rings. The van der Waals surface area contributed by atoms with Gasteiger partial charge in [0.15, 0.2) is 0 Å². The molecule has 0 unspecified atom stereocenters. The van der Waals surface area contributed by atoms with Crippen LogP contribution in [0.1, 0.15) is 49.9 Å². The first-order chi connectivity index (χ1) is 10.3. The maximum absolute atomic E-state index is 11.8. The fraction of sp³-hybridized carbons (Fsp3) is 0.529. The first-order valence-corrected chi connectivity index (χ1v) is 7.70. The van der Waals surface area contributed by atoms with Crippen molar-refractivity contribution in [1.29, 1.82) is 0 Å². The number of hydrogen-bond donors (Lipinski definition) is 3. The predicted octanol–water partition coefficient (Wildman–Crippen LogP) is 2.58. The Morgan fingerprint density at radius 3 is 2.14 bits per heavy atom. The molecule has 0 radical (unpaired) electrons. The molecule has 0 aliphatic heterocycles. The molecule has 22 heavy (non-hydrogen) atoms. The Bertz CT molecular complexity index is 506. The molecule has 1 rings (SSSR count).